The summed E-state index contributed by atoms with van der Waals surface area (Å²) in [5, 5.41) is 18.2. The molecule has 2 fully saturated rings. The molecule has 1 saturated heterocycles. The maximum atomic E-state index is 12.7. The topological polar surface area (TPSA) is 147 Å². The number of anilines is 3. The van der Waals surface area contributed by atoms with Crippen molar-refractivity contribution in [3.63, 3.8) is 0 Å². The van der Waals surface area contributed by atoms with Crippen molar-refractivity contribution in [2.45, 2.75) is 44.9 Å². The van der Waals surface area contributed by atoms with Crippen LogP contribution < -0.4 is 22.1 Å². The lowest BCUT2D eigenvalue weighted by Crippen LogP contribution is -2.32. The average molecular weight is 525 g/mol. The molecule has 0 radical (unpaired) electrons. The van der Waals surface area contributed by atoms with Gasteiger partial charge >= 0.3 is 6.18 Å². The number of rotatable bonds is 7. The number of benzene rings is 1. The average Bonchev–Trinajstić information content (AvgIpc) is 2.82. The van der Waals surface area contributed by atoms with Gasteiger partial charge in [0.05, 0.1) is 18.8 Å². The van der Waals surface area contributed by atoms with Crippen LogP contribution in [0.5, 0.6) is 0 Å². The molecule has 10 nitrogen and oxygen atoms in total. The predicted molar refractivity (Wildman–Crippen MR) is 136 cm³/mol. The number of halogens is 3. The van der Waals surface area contributed by atoms with Crippen LogP contribution >= 0.6 is 0 Å². The van der Waals surface area contributed by atoms with Crippen LogP contribution in [0.3, 0.4) is 0 Å². The summed E-state index contributed by atoms with van der Waals surface area (Å²) in [6.45, 7) is 6.26. The minimum atomic E-state index is -4.39. The SMILES string of the molecule is CN1CCOCC1.C[C@@H](Nc1nc(/C(N)=N/O)nc(N)c1NCc1ccc(C(F)(F)F)cc1)C1CCC1. The molecular formula is C24H35F3N8O2. The molecule has 13 heteroatoms. The number of likely N-dealkylation sites (N-methyl/N-ethyl adjacent to an activating group) is 1. The molecule has 204 valence electrons. The third-order valence-corrected chi connectivity index (χ3v) is 6.48. The minimum absolute atomic E-state index is 0.0293. The molecule has 1 saturated carbocycles. The number of nitrogen functional groups attached to an aromatic ring is 1. The van der Waals surface area contributed by atoms with Crippen LogP contribution in [0.1, 0.15) is 43.1 Å². The van der Waals surface area contributed by atoms with E-state index < -0.39 is 11.7 Å². The first-order valence-electron chi connectivity index (χ1n) is 12.2. The van der Waals surface area contributed by atoms with Crippen molar-refractivity contribution in [1.29, 1.82) is 0 Å². The van der Waals surface area contributed by atoms with E-state index >= 15 is 0 Å². The van der Waals surface area contributed by atoms with Gasteiger partial charge in [-0.15, -0.1) is 0 Å². The monoisotopic (exact) mass is 524 g/mol. The lowest BCUT2D eigenvalue weighted by molar-refractivity contribution is -0.137. The van der Waals surface area contributed by atoms with Gasteiger partial charge in [-0.05, 0) is 50.4 Å². The fourth-order valence-corrected chi connectivity index (χ4v) is 3.85. The van der Waals surface area contributed by atoms with Gasteiger partial charge in [0, 0.05) is 25.7 Å². The molecule has 1 atom stereocenters. The number of amidine groups is 1. The van der Waals surface area contributed by atoms with E-state index in [9.17, 15) is 13.2 Å². The maximum Gasteiger partial charge on any atom is 0.416 e. The standard InChI is InChI=1S/C19H24F3N7O.C5H11NO/c1-10(12-3-2-4-12)26-17-14(15(23)27-18(28-17)16(24)29-30)25-9-11-5-7-13(8-6-11)19(20,21)22;1-6-2-4-7-5-3-6/h5-8,10,12,25,30H,2-4,9H2,1H3,(H2,24,29)(H3,23,26,27,28);2-5H2,1H3/t10-;/m1./s1. The van der Waals surface area contributed by atoms with Crippen LogP contribution in [0, 0.1) is 5.92 Å². The number of nitrogens with one attached hydrogen (secondary N) is 2. The number of aromatic nitrogens is 2. The normalized spacial score (nSPS) is 17.8. The van der Waals surface area contributed by atoms with Gasteiger partial charge in [0.25, 0.3) is 0 Å². The number of nitrogens with zero attached hydrogens (tertiary/aromatic N) is 4. The zero-order chi connectivity index (χ0) is 27.0. The van der Waals surface area contributed by atoms with Crippen molar-refractivity contribution in [3.8, 4) is 0 Å². The smallest absolute Gasteiger partial charge is 0.409 e. The number of alkyl halides is 3. The maximum absolute atomic E-state index is 12.7. The molecule has 0 unspecified atom stereocenters. The summed E-state index contributed by atoms with van der Waals surface area (Å²) < 4.78 is 43.3. The third-order valence-electron chi connectivity index (χ3n) is 6.48. The van der Waals surface area contributed by atoms with Crippen molar-refractivity contribution in [2.24, 2.45) is 16.8 Å². The second-order valence-electron chi connectivity index (χ2n) is 9.23. The van der Waals surface area contributed by atoms with Crippen LogP contribution in [0.15, 0.2) is 29.4 Å². The van der Waals surface area contributed by atoms with E-state index in [2.05, 4.69) is 37.7 Å². The summed E-state index contributed by atoms with van der Waals surface area (Å²) >= 11 is 0. The molecule has 2 heterocycles. The van der Waals surface area contributed by atoms with Crippen molar-refractivity contribution in [3.05, 3.63) is 41.2 Å². The van der Waals surface area contributed by atoms with E-state index in [1.165, 1.54) is 18.6 Å². The zero-order valence-corrected chi connectivity index (χ0v) is 21.1. The molecular weight excluding hydrogens is 489 g/mol. The summed E-state index contributed by atoms with van der Waals surface area (Å²) in [6.07, 6.45) is -0.994. The summed E-state index contributed by atoms with van der Waals surface area (Å²) in [5.74, 6) is 0.641. The molecule has 0 amide bonds. The van der Waals surface area contributed by atoms with Gasteiger partial charge in [0.2, 0.25) is 11.7 Å². The Hall–Kier alpha value is -3.32. The van der Waals surface area contributed by atoms with Crippen LogP contribution in [0.25, 0.3) is 0 Å². The molecule has 1 aliphatic heterocycles. The highest BCUT2D eigenvalue weighted by Gasteiger charge is 2.30. The number of hydrogen-bond acceptors (Lipinski definition) is 9. The quantitative estimate of drug-likeness (QED) is 0.159. The van der Waals surface area contributed by atoms with Crippen molar-refractivity contribution in [2.75, 3.05) is 49.7 Å². The highest BCUT2D eigenvalue weighted by Crippen LogP contribution is 2.34. The fraction of sp³-hybridized carbons (Fsp3) is 0.542. The van der Waals surface area contributed by atoms with Gasteiger partial charge in [-0.1, -0.05) is 23.7 Å². The largest absolute Gasteiger partial charge is 0.416 e. The molecule has 1 aromatic heterocycles. The van der Waals surface area contributed by atoms with E-state index in [-0.39, 0.29) is 30.1 Å². The Labute approximate surface area is 214 Å². The molecule has 4 rings (SSSR count). The second-order valence-corrected chi connectivity index (χ2v) is 9.23. The third kappa shape index (κ3) is 8.09. The number of oxime groups is 1. The Morgan fingerprint density at radius 3 is 2.35 bits per heavy atom. The first kappa shape index (κ1) is 28.3. The van der Waals surface area contributed by atoms with Crippen LogP contribution in [0.2, 0.25) is 0 Å². The molecule has 1 aromatic carbocycles. The molecule has 2 aliphatic rings. The van der Waals surface area contributed by atoms with E-state index in [1.54, 1.807) is 0 Å². The lowest BCUT2D eigenvalue weighted by atomic mass is 9.80. The molecule has 2 aromatic rings. The molecule has 0 spiro atoms. The van der Waals surface area contributed by atoms with Crippen molar-refractivity contribution < 1.29 is 23.1 Å². The highest BCUT2D eigenvalue weighted by atomic mass is 19.4. The van der Waals surface area contributed by atoms with Gasteiger partial charge in [0.15, 0.2) is 11.6 Å². The van der Waals surface area contributed by atoms with Crippen LogP contribution in [0.4, 0.5) is 30.5 Å². The van der Waals surface area contributed by atoms with Crippen molar-refractivity contribution >= 4 is 23.2 Å². The molecule has 0 bridgehead atoms. The Kier molecular flexibility index (Phi) is 9.75. The first-order chi connectivity index (χ1) is 17.6. The summed E-state index contributed by atoms with van der Waals surface area (Å²) in [4.78, 5) is 10.6. The molecule has 1 aliphatic carbocycles. The summed E-state index contributed by atoms with van der Waals surface area (Å²) in [5.41, 5.74) is 12.0. The lowest BCUT2D eigenvalue weighted by Gasteiger charge is -2.32. The van der Waals surface area contributed by atoms with E-state index in [4.69, 9.17) is 21.4 Å². The Bertz CT molecular complexity index is 1040. The van der Waals surface area contributed by atoms with Crippen LogP contribution in [-0.2, 0) is 17.5 Å². The van der Waals surface area contributed by atoms with Gasteiger partial charge in [-0.25, -0.2) is 9.97 Å². The van der Waals surface area contributed by atoms with Gasteiger partial charge in [0.1, 0.15) is 5.69 Å². The minimum Gasteiger partial charge on any atom is -0.409 e. The Morgan fingerprint density at radius 1 is 1.22 bits per heavy atom. The Balaban J connectivity index is 0.000000468. The number of ether oxygens (including phenoxy) is 1. The van der Waals surface area contributed by atoms with Gasteiger partial charge in [-0.3, -0.25) is 0 Å². The number of morpholine rings is 1. The highest BCUT2D eigenvalue weighted by molar-refractivity contribution is 5.95. The number of hydrogen-bond donors (Lipinski definition) is 5. The zero-order valence-electron chi connectivity index (χ0n) is 21.1. The second kappa shape index (κ2) is 12.8. The Morgan fingerprint density at radius 2 is 1.86 bits per heavy atom. The fourth-order valence-electron chi connectivity index (χ4n) is 3.85. The van der Waals surface area contributed by atoms with Crippen LogP contribution in [-0.4, -0.2) is 65.3 Å². The van der Waals surface area contributed by atoms with Crippen molar-refractivity contribution in [1.82, 2.24) is 14.9 Å². The van der Waals surface area contributed by atoms with E-state index in [1.807, 2.05) is 6.92 Å². The van der Waals surface area contributed by atoms with Gasteiger partial charge in [-0.2, -0.15) is 13.2 Å². The van der Waals surface area contributed by atoms with E-state index in [0.29, 0.717) is 23.0 Å². The first-order valence-corrected chi connectivity index (χ1v) is 12.2. The molecule has 7 N–H and O–H groups in total. The predicted octanol–water partition coefficient (Wildman–Crippen LogP) is 3.33. The van der Waals surface area contributed by atoms with E-state index in [0.717, 1.165) is 51.3 Å². The van der Waals surface area contributed by atoms with Gasteiger partial charge < -0.3 is 36.9 Å². The molecule has 37 heavy (non-hydrogen) atoms. The summed E-state index contributed by atoms with van der Waals surface area (Å²) in [7, 11) is 2.11. The number of nitrogens with two attached hydrogens (primary N) is 2. The summed E-state index contributed by atoms with van der Waals surface area (Å²) in [6, 6.07) is 4.94.